The van der Waals surface area contributed by atoms with Crippen molar-refractivity contribution in [1.82, 2.24) is 0 Å². The van der Waals surface area contributed by atoms with E-state index in [0.29, 0.717) is 0 Å². The summed E-state index contributed by atoms with van der Waals surface area (Å²) in [6.07, 6.45) is 11.7. The highest BCUT2D eigenvalue weighted by atomic mass is 16.5. The standard InChI is InChI=1S/C17H21NO/c1-4-17(19-3)13-12-15(2)18-14-8-11-16-9-6-5-7-10-16/h4-15H,1-3H3/b11-8+,13-12-,17-4+,18-14?. The van der Waals surface area contributed by atoms with Crippen molar-refractivity contribution in [1.29, 1.82) is 0 Å². The van der Waals surface area contributed by atoms with Crippen LogP contribution in [0.2, 0.25) is 0 Å². The fourth-order valence-corrected chi connectivity index (χ4v) is 1.47. The van der Waals surface area contributed by atoms with Crippen molar-refractivity contribution in [2.24, 2.45) is 4.99 Å². The van der Waals surface area contributed by atoms with Gasteiger partial charge in [0.05, 0.1) is 13.2 Å². The molecule has 1 aromatic carbocycles. The van der Waals surface area contributed by atoms with Crippen molar-refractivity contribution in [2.75, 3.05) is 7.11 Å². The molecule has 0 amide bonds. The lowest BCUT2D eigenvalue weighted by molar-refractivity contribution is 0.306. The van der Waals surface area contributed by atoms with Crippen LogP contribution in [-0.2, 0) is 4.74 Å². The summed E-state index contributed by atoms with van der Waals surface area (Å²) in [5, 5.41) is 0. The maximum atomic E-state index is 5.14. The Morgan fingerprint density at radius 1 is 1.26 bits per heavy atom. The van der Waals surface area contributed by atoms with E-state index in [1.54, 1.807) is 7.11 Å². The van der Waals surface area contributed by atoms with Crippen LogP contribution in [0.4, 0.5) is 0 Å². The van der Waals surface area contributed by atoms with Gasteiger partial charge in [-0.1, -0.05) is 42.5 Å². The van der Waals surface area contributed by atoms with Crippen LogP contribution in [-0.4, -0.2) is 19.4 Å². The predicted molar refractivity (Wildman–Crippen MR) is 83.3 cm³/mol. The van der Waals surface area contributed by atoms with Crippen LogP contribution in [0.1, 0.15) is 19.4 Å². The molecule has 1 rings (SSSR count). The van der Waals surface area contributed by atoms with Gasteiger partial charge in [0.2, 0.25) is 0 Å². The number of aliphatic imine (C=N–C) groups is 1. The van der Waals surface area contributed by atoms with Crippen LogP contribution in [0.15, 0.2) is 65.4 Å². The first-order valence-corrected chi connectivity index (χ1v) is 6.39. The minimum absolute atomic E-state index is 0.130. The minimum Gasteiger partial charge on any atom is -0.497 e. The Morgan fingerprint density at radius 2 is 2.00 bits per heavy atom. The van der Waals surface area contributed by atoms with Crippen molar-refractivity contribution in [3.05, 3.63) is 66.0 Å². The monoisotopic (exact) mass is 255 g/mol. The van der Waals surface area contributed by atoms with E-state index in [-0.39, 0.29) is 6.04 Å². The van der Waals surface area contributed by atoms with Gasteiger partial charge in [0.1, 0.15) is 5.76 Å². The highest BCUT2D eigenvalue weighted by Gasteiger charge is 1.91. The fourth-order valence-electron chi connectivity index (χ4n) is 1.47. The van der Waals surface area contributed by atoms with Crippen molar-refractivity contribution in [3.8, 4) is 0 Å². The van der Waals surface area contributed by atoms with Gasteiger partial charge in [-0.2, -0.15) is 0 Å². The maximum absolute atomic E-state index is 5.14. The summed E-state index contributed by atoms with van der Waals surface area (Å²) in [6.45, 7) is 3.98. The average Bonchev–Trinajstić information content (AvgIpc) is 2.46. The number of rotatable bonds is 6. The van der Waals surface area contributed by atoms with Crippen LogP contribution in [0.3, 0.4) is 0 Å². The third-order valence-electron chi connectivity index (χ3n) is 2.55. The SMILES string of the molecule is C/C=C(\C=C/C(C)N=C/C=C/c1ccccc1)OC. The zero-order chi connectivity index (χ0) is 13.9. The summed E-state index contributed by atoms with van der Waals surface area (Å²) >= 11 is 0. The van der Waals surface area contributed by atoms with E-state index in [1.807, 2.05) is 68.6 Å². The molecule has 1 aromatic rings. The molecule has 0 saturated carbocycles. The van der Waals surface area contributed by atoms with Gasteiger partial charge in [0.25, 0.3) is 0 Å². The average molecular weight is 255 g/mol. The molecule has 100 valence electrons. The Hall–Kier alpha value is -2.09. The lowest BCUT2D eigenvalue weighted by Crippen LogP contribution is -1.92. The summed E-state index contributed by atoms with van der Waals surface area (Å²) in [7, 11) is 1.66. The third kappa shape index (κ3) is 6.41. The van der Waals surface area contributed by atoms with Crippen LogP contribution in [0, 0.1) is 0 Å². The molecule has 2 heteroatoms. The summed E-state index contributed by atoms with van der Waals surface area (Å²) in [5.41, 5.74) is 1.17. The number of ether oxygens (including phenoxy) is 1. The molecule has 0 spiro atoms. The van der Waals surface area contributed by atoms with Gasteiger partial charge in [-0.05, 0) is 37.6 Å². The highest BCUT2D eigenvalue weighted by molar-refractivity contribution is 5.78. The number of methoxy groups -OCH3 is 1. The van der Waals surface area contributed by atoms with Crippen molar-refractivity contribution in [2.45, 2.75) is 19.9 Å². The molecular weight excluding hydrogens is 234 g/mol. The highest BCUT2D eigenvalue weighted by Crippen LogP contribution is 2.01. The summed E-state index contributed by atoms with van der Waals surface area (Å²) in [5.74, 6) is 0.849. The first-order chi connectivity index (χ1) is 9.26. The van der Waals surface area contributed by atoms with E-state index in [9.17, 15) is 0 Å². The number of allylic oxidation sites excluding steroid dienone is 3. The number of hydrogen-bond donors (Lipinski definition) is 0. The van der Waals surface area contributed by atoms with E-state index in [1.165, 1.54) is 5.56 Å². The molecule has 0 aliphatic carbocycles. The van der Waals surface area contributed by atoms with E-state index in [0.717, 1.165) is 5.76 Å². The molecule has 0 radical (unpaired) electrons. The first-order valence-electron chi connectivity index (χ1n) is 6.39. The van der Waals surface area contributed by atoms with E-state index in [4.69, 9.17) is 4.74 Å². The molecule has 0 N–H and O–H groups in total. The molecule has 0 bridgehead atoms. The van der Waals surface area contributed by atoms with Crippen molar-refractivity contribution >= 4 is 12.3 Å². The Morgan fingerprint density at radius 3 is 2.63 bits per heavy atom. The van der Waals surface area contributed by atoms with E-state index >= 15 is 0 Å². The molecule has 0 heterocycles. The molecule has 0 aliphatic heterocycles. The molecule has 0 saturated heterocycles. The topological polar surface area (TPSA) is 21.6 Å². The largest absolute Gasteiger partial charge is 0.497 e. The first kappa shape index (κ1) is 15.0. The molecule has 0 aliphatic rings. The molecule has 0 fully saturated rings. The smallest absolute Gasteiger partial charge is 0.114 e. The second-order valence-corrected chi connectivity index (χ2v) is 4.06. The maximum Gasteiger partial charge on any atom is 0.114 e. The van der Waals surface area contributed by atoms with Gasteiger partial charge in [-0.3, -0.25) is 4.99 Å². The number of benzene rings is 1. The van der Waals surface area contributed by atoms with Crippen LogP contribution in [0.25, 0.3) is 6.08 Å². The van der Waals surface area contributed by atoms with E-state index in [2.05, 4.69) is 17.1 Å². The van der Waals surface area contributed by atoms with Crippen LogP contribution >= 0.6 is 0 Å². The molecule has 2 nitrogen and oxygen atoms in total. The fraction of sp³-hybridized carbons (Fsp3) is 0.235. The molecule has 0 aromatic heterocycles. The second-order valence-electron chi connectivity index (χ2n) is 4.06. The van der Waals surface area contributed by atoms with Crippen LogP contribution in [0.5, 0.6) is 0 Å². The van der Waals surface area contributed by atoms with Crippen LogP contribution < -0.4 is 0 Å². The van der Waals surface area contributed by atoms with Gasteiger partial charge < -0.3 is 4.74 Å². The van der Waals surface area contributed by atoms with Gasteiger partial charge in [0, 0.05) is 6.21 Å². The van der Waals surface area contributed by atoms with E-state index < -0.39 is 0 Å². The minimum atomic E-state index is 0.130. The van der Waals surface area contributed by atoms with Gasteiger partial charge in [-0.15, -0.1) is 0 Å². The lowest BCUT2D eigenvalue weighted by Gasteiger charge is -2.00. The Labute approximate surface area is 115 Å². The Kier molecular flexibility index (Phi) is 7.03. The van der Waals surface area contributed by atoms with Gasteiger partial charge in [-0.25, -0.2) is 0 Å². The molecular formula is C17H21NO. The zero-order valence-electron chi connectivity index (χ0n) is 11.8. The molecule has 1 unspecified atom stereocenters. The second kappa shape index (κ2) is 8.92. The third-order valence-corrected chi connectivity index (χ3v) is 2.55. The van der Waals surface area contributed by atoms with Gasteiger partial charge >= 0.3 is 0 Å². The quantitative estimate of drug-likeness (QED) is 0.422. The van der Waals surface area contributed by atoms with Crippen molar-refractivity contribution in [3.63, 3.8) is 0 Å². The van der Waals surface area contributed by atoms with Gasteiger partial charge in [0.15, 0.2) is 0 Å². The summed E-state index contributed by atoms with van der Waals surface area (Å²) in [6, 6.07) is 10.3. The number of hydrogen-bond acceptors (Lipinski definition) is 2. The predicted octanol–water partition coefficient (Wildman–Crippen LogP) is 4.27. The lowest BCUT2D eigenvalue weighted by atomic mass is 10.2. The Bertz CT molecular complexity index is 469. The zero-order valence-corrected chi connectivity index (χ0v) is 11.8. The molecule has 1 atom stereocenters. The number of nitrogens with zero attached hydrogens (tertiary/aromatic N) is 1. The summed E-state index contributed by atoms with van der Waals surface area (Å²) < 4.78 is 5.14. The Balaban J connectivity index is 2.46. The molecule has 19 heavy (non-hydrogen) atoms. The van der Waals surface area contributed by atoms with Crippen molar-refractivity contribution < 1.29 is 4.74 Å². The normalized spacial score (nSPS) is 14.6. The summed E-state index contributed by atoms with van der Waals surface area (Å²) in [4.78, 5) is 4.40.